The highest BCUT2D eigenvalue weighted by Gasteiger charge is 2.44. The molecule has 1 saturated carbocycles. The lowest BCUT2D eigenvalue weighted by Gasteiger charge is -2.28. The Hall–Kier alpha value is -4.48. The normalized spacial score (nSPS) is 20.2. The van der Waals surface area contributed by atoms with Crippen LogP contribution in [0.2, 0.25) is 0 Å². The smallest absolute Gasteiger partial charge is 0.412 e. The Morgan fingerprint density at radius 2 is 1.85 bits per heavy atom. The first-order chi connectivity index (χ1) is 22.4. The van der Waals surface area contributed by atoms with Gasteiger partial charge in [0.2, 0.25) is 5.91 Å². The summed E-state index contributed by atoms with van der Waals surface area (Å²) in [6, 6.07) is 18.2. The Morgan fingerprint density at radius 3 is 2.63 bits per heavy atom. The van der Waals surface area contributed by atoms with Crippen molar-refractivity contribution in [3.63, 3.8) is 0 Å². The Labute approximate surface area is 274 Å². The van der Waals surface area contributed by atoms with Crippen LogP contribution in [-0.4, -0.2) is 50.6 Å². The second-order valence-electron chi connectivity index (χ2n) is 11.8. The summed E-state index contributed by atoms with van der Waals surface area (Å²) >= 11 is 2.85. The standard InChI is InChI=1S/C35H33N5O4S2/c1-21-7-14-28-27(17-21)26(15-16-36-28)33-40(35(43)44-18-22-5-3-2-4-6-22)30(20-45-33)32(42)39-34-38-29(19-46-34)23-8-10-24(11-9-23)31(41)37-25-12-13-25/h2-6,8-11,14-17,19,21,25,30,33H,7,12-13,18,20H2,1H3,(H,37,41)(H,38,39,42)/t21?,30-,33?/m0/s1. The fraction of sp³-hybridized carbons (Fsp3) is 0.286. The van der Waals surface area contributed by atoms with Crippen molar-refractivity contribution in [1.82, 2.24) is 20.2 Å². The number of carbonyl (C=O) groups excluding carboxylic acids is 3. The van der Waals surface area contributed by atoms with Crippen molar-refractivity contribution in [2.24, 2.45) is 5.92 Å². The third kappa shape index (κ3) is 6.56. The van der Waals surface area contributed by atoms with Crippen LogP contribution in [0.4, 0.5) is 9.93 Å². The molecular formula is C35H33N5O4S2. The van der Waals surface area contributed by atoms with Gasteiger partial charge in [-0.3, -0.25) is 19.5 Å². The molecule has 46 heavy (non-hydrogen) atoms. The Bertz CT molecular complexity index is 1890. The minimum Gasteiger partial charge on any atom is -0.444 e. The van der Waals surface area contributed by atoms with Crippen LogP contribution < -0.4 is 21.2 Å². The largest absolute Gasteiger partial charge is 0.444 e. The fourth-order valence-corrected chi connectivity index (χ4v) is 7.80. The summed E-state index contributed by atoms with van der Waals surface area (Å²) in [5.74, 6) is 0.342. The van der Waals surface area contributed by atoms with Crippen molar-refractivity contribution in [3.05, 3.63) is 99.5 Å². The van der Waals surface area contributed by atoms with Gasteiger partial charge in [0.15, 0.2) is 5.13 Å². The number of rotatable bonds is 8. The van der Waals surface area contributed by atoms with E-state index in [2.05, 4.69) is 39.7 Å². The molecular weight excluding hydrogens is 619 g/mol. The number of anilines is 1. The highest BCUT2D eigenvalue weighted by molar-refractivity contribution is 7.99. The molecule has 2 N–H and O–H groups in total. The first-order valence-corrected chi connectivity index (χ1v) is 17.3. The molecule has 2 fully saturated rings. The van der Waals surface area contributed by atoms with E-state index in [4.69, 9.17) is 4.74 Å². The van der Waals surface area contributed by atoms with Crippen molar-refractivity contribution in [2.75, 3.05) is 11.1 Å². The van der Waals surface area contributed by atoms with Crippen LogP contribution in [0.3, 0.4) is 0 Å². The predicted octanol–water partition coefficient (Wildman–Crippen LogP) is 5.09. The van der Waals surface area contributed by atoms with Crippen LogP contribution in [0.1, 0.15) is 53.0 Å². The van der Waals surface area contributed by atoms with Crippen LogP contribution in [0, 0.1) is 5.92 Å². The van der Waals surface area contributed by atoms with Gasteiger partial charge in [0, 0.05) is 39.7 Å². The second kappa shape index (κ2) is 13.1. The van der Waals surface area contributed by atoms with Gasteiger partial charge in [0.25, 0.3) is 5.91 Å². The van der Waals surface area contributed by atoms with Crippen LogP contribution >= 0.6 is 23.1 Å². The quantitative estimate of drug-likeness (QED) is 0.273. The van der Waals surface area contributed by atoms with Gasteiger partial charge in [0.1, 0.15) is 18.0 Å². The number of aromatic nitrogens is 2. The summed E-state index contributed by atoms with van der Waals surface area (Å²) < 4.78 is 5.79. The third-order valence-corrected chi connectivity index (χ3v) is 10.3. The van der Waals surface area contributed by atoms with Gasteiger partial charge in [-0.1, -0.05) is 61.5 Å². The van der Waals surface area contributed by atoms with Gasteiger partial charge in [-0.05, 0) is 54.5 Å². The lowest BCUT2D eigenvalue weighted by Crippen LogP contribution is -2.47. The minimum atomic E-state index is -0.774. The molecule has 3 heterocycles. The molecule has 3 amide bonds. The number of nitrogens with one attached hydrogen (secondary N) is 2. The lowest BCUT2D eigenvalue weighted by atomic mass is 9.99. The highest BCUT2D eigenvalue weighted by atomic mass is 32.2. The number of carbonyl (C=O) groups is 3. The number of nitrogens with zero attached hydrogens (tertiary/aromatic N) is 3. The summed E-state index contributed by atoms with van der Waals surface area (Å²) in [7, 11) is 0. The number of hydrogen-bond donors (Lipinski definition) is 2. The number of hydrogen-bond acceptors (Lipinski definition) is 8. The number of ether oxygens (including phenoxy) is 1. The van der Waals surface area contributed by atoms with Gasteiger partial charge in [-0.2, -0.15) is 0 Å². The predicted molar refractivity (Wildman–Crippen MR) is 180 cm³/mol. The minimum absolute atomic E-state index is 0.0716. The molecule has 0 bridgehead atoms. The van der Waals surface area contributed by atoms with Gasteiger partial charge < -0.3 is 15.4 Å². The van der Waals surface area contributed by atoms with E-state index in [1.54, 1.807) is 35.0 Å². The van der Waals surface area contributed by atoms with Gasteiger partial charge in [-0.25, -0.2) is 9.78 Å². The molecule has 7 rings (SSSR count). The van der Waals surface area contributed by atoms with Gasteiger partial charge in [-0.15, -0.1) is 23.1 Å². The zero-order valence-corrected chi connectivity index (χ0v) is 26.9. The van der Waals surface area contributed by atoms with E-state index in [0.29, 0.717) is 34.1 Å². The number of fused-ring (bicyclic) bond motifs is 1. The SMILES string of the molecule is CC1C=c2c(C3SC[C@@H](C(=O)Nc4nc(-c5ccc(C(=O)NC6CC6)cc5)cs4)N3C(=O)OCc3ccccc3)ccnc2=CC1. The molecule has 0 radical (unpaired) electrons. The van der Waals surface area contributed by atoms with E-state index >= 15 is 0 Å². The maximum atomic E-state index is 13.8. The molecule has 1 saturated heterocycles. The Balaban J connectivity index is 1.10. The molecule has 2 aromatic carbocycles. The van der Waals surface area contributed by atoms with Crippen LogP contribution in [0.15, 0.2) is 72.2 Å². The van der Waals surface area contributed by atoms with Crippen molar-refractivity contribution in [3.8, 4) is 11.3 Å². The topological polar surface area (TPSA) is 114 Å². The molecule has 4 aromatic rings. The average Bonchev–Trinajstić information content (AvgIpc) is 3.58. The summed E-state index contributed by atoms with van der Waals surface area (Å²) in [6.45, 7) is 2.26. The van der Waals surface area contributed by atoms with Crippen molar-refractivity contribution in [2.45, 2.75) is 50.3 Å². The Morgan fingerprint density at radius 1 is 1.04 bits per heavy atom. The zero-order chi connectivity index (χ0) is 31.6. The van der Waals surface area contributed by atoms with Crippen molar-refractivity contribution < 1.29 is 19.1 Å². The monoisotopic (exact) mass is 651 g/mol. The summed E-state index contributed by atoms with van der Waals surface area (Å²) in [6.07, 6.45) is 8.51. The van der Waals surface area contributed by atoms with Crippen molar-refractivity contribution >= 4 is 58.3 Å². The average molecular weight is 652 g/mol. The molecule has 3 aliphatic rings. The molecule has 11 heteroatoms. The number of amides is 3. The molecule has 1 aliphatic heterocycles. The molecule has 2 aliphatic carbocycles. The van der Waals surface area contributed by atoms with E-state index < -0.39 is 17.5 Å². The third-order valence-electron chi connectivity index (χ3n) is 8.26. The zero-order valence-electron chi connectivity index (χ0n) is 25.2. The van der Waals surface area contributed by atoms with Crippen LogP contribution in [0.25, 0.3) is 23.4 Å². The maximum absolute atomic E-state index is 13.8. The molecule has 0 spiro atoms. The van der Waals surface area contributed by atoms with E-state index in [9.17, 15) is 14.4 Å². The second-order valence-corrected chi connectivity index (χ2v) is 13.8. The van der Waals surface area contributed by atoms with E-state index in [0.717, 1.165) is 46.5 Å². The van der Waals surface area contributed by atoms with Gasteiger partial charge in [0.05, 0.1) is 11.0 Å². The number of thiazole rings is 1. The van der Waals surface area contributed by atoms with E-state index in [1.165, 1.54) is 11.3 Å². The summed E-state index contributed by atoms with van der Waals surface area (Å²) in [5.41, 5.74) is 3.94. The number of thioether (sulfide) groups is 1. The fourth-order valence-electron chi connectivity index (χ4n) is 5.62. The maximum Gasteiger partial charge on any atom is 0.412 e. The first kappa shape index (κ1) is 30.2. The van der Waals surface area contributed by atoms with Crippen molar-refractivity contribution in [1.29, 1.82) is 0 Å². The summed E-state index contributed by atoms with van der Waals surface area (Å²) in [4.78, 5) is 50.7. The number of pyridine rings is 1. The molecule has 3 atom stereocenters. The van der Waals surface area contributed by atoms with E-state index in [-0.39, 0.29) is 18.4 Å². The molecule has 9 nitrogen and oxygen atoms in total. The highest BCUT2D eigenvalue weighted by Crippen LogP contribution is 2.41. The van der Waals surface area contributed by atoms with Crippen LogP contribution in [-0.2, 0) is 16.1 Å². The lowest BCUT2D eigenvalue weighted by molar-refractivity contribution is -0.120. The van der Waals surface area contributed by atoms with E-state index in [1.807, 2.05) is 53.9 Å². The molecule has 2 unspecified atom stereocenters. The van der Waals surface area contributed by atoms with Crippen LogP contribution in [0.5, 0.6) is 0 Å². The molecule has 234 valence electrons. The summed E-state index contributed by atoms with van der Waals surface area (Å²) in [5, 5.41) is 9.71. The van der Waals surface area contributed by atoms with Gasteiger partial charge >= 0.3 is 6.09 Å². The first-order valence-electron chi connectivity index (χ1n) is 15.4. The Kier molecular flexibility index (Phi) is 8.59. The molecule has 2 aromatic heterocycles. The number of benzene rings is 2.